The van der Waals surface area contributed by atoms with E-state index >= 15 is 0 Å². The molecule has 1 aliphatic carbocycles. The predicted molar refractivity (Wildman–Crippen MR) is 266 cm³/mol. The van der Waals surface area contributed by atoms with Gasteiger partial charge < -0.3 is 19.4 Å². The van der Waals surface area contributed by atoms with Gasteiger partial charge in [-0.25, -0.2) is 0 Å². The Morgan fingerprint density at radius 3 is 2.26 bits per heavy atom. The Morgan fingerprint density at radius 2 is 1.62 bits per heavy atom. The van der Waals surface area contributed by atoms with Gasteiger partial charge in [-0.2, -0.15) is 5.69 Å². The van der Waals surface area contributed by atoms with Crippen LogP contribution in [0, 0.1) is 49.4 Å². The summed E-state index contributed by atoms with van der Waals surface area (Å²) in [5, 5.41) is 1.57. The molecule has 0 aromatic carbocycles. The molecule has 65 heavy (non-hydrogen) atoms. The van der Waals surface area contributed by atoms with E-state index < -0.39 is 11.9 Å². The SMILES string of the molecule is C=Cc1c(C)c2[n-]c1=CC1=NC(Cc3[n-]c4c(c3C)C(=O)[C@@H](C(=O)OC)/C4=C3/N=C(C=2)[C@H](C)[C@H]3CCC(=O)OC/C=C(\C)CCC[C@@H](C)CCC[C@@H](C)CCCC(C)C)C(CC)=C1C.[Mg+2]. The van der Waals surface area contributed by atoms with Crippen molar-refractivity contribution in [2.45, 2.75) is 159 Å². The van der Waals surface area contributed by atoms with Gasteiger partial charge in [-0.1, -0.05) is 128 Å². The zero-order valence-corrected chi connectivity index (χ0v) is 42.9. The van der Waals surface area contributed by atoms with Crippen LogP contribution in [0.15, 0.2) is 45.1 Å². The van der Waals surface area contributed by atoms with E-state index in [9.17, 15) is 14.4 Å². The number of nitrogens with zero attached hydrogens (tertiary/aromatic N) is 4. The van der Waals surface area contributed by atoms with Gasteiger partial charge in [0.15, 0.2) is 5.78 Å². The summed E-state index contributed by atoms with van der Waals surface area (Å²) in [5.74, 6) is -0.605. The summed E-state index contributed by atoms with van der Waals surface area (Å²) in [5.41, 5.74) is 10.7. The molecule has 0 saturated heterocycles. The molecule has 6 atom stereocenters. The summed E-state index contributed by atoms with van der Waals surface area (Å²) >= 11 is 0. The molecule has 0 spiro atoms. The number of aromatic nitrogens is 2. The van der Waals surface area contributed by atoms with E-state index in [0.29, 0.717) is 41.3 Å². The number of carbonyl (C=O) groups excluding carboxylic acids is 3. The van der Waals surface area contributed by atoms with Crippen LogP contribution in [0.4, 0.5) is 0 Å². The van der Waals surface area contributed by atoms with E-state index in [1.54, 1.807) is 0 Å². The molecule has 9 nitrogen and oxygen atoms in total. The zero-order valence-electron chi connectivity index (χ0n) is 41.5. The topological polar surface area (TPSA) is 123 Å². The number of Topliss-reactive ketones (excluding diaryl/α,β-unsaturated/α-hetero) is 1. The van der Waals surface area contributed by atoms with Crippen LogP contribution in [-0.2, 0) is 25.5 Å². The Balaban J connectivity index is 0.00000793. The van der Waals surface area contributed by atoms with Gasteiger partial charge >= 0.3 is 35.0 Å². The summed E-state index contributed by atoms with van der Waals surface area (Å²) in [6, 6.07) is -0.148. The minimum absolute atomic E-state index is 0. The third-order valence-electron chi connectivity index (χ3n) is 14.6. The average molecular weight is 896 g/mol. The Hall–Kier alpha value is -4.02. The smallest absolute Gasteiger partial charge is 0.660 e. The Bertz CT molecular complexity index is 2400. The van der Waals surface area contributed by atoms with Gasteiger partial charge in [0.1, 0.15) is 12.5 Å². The third kappa shape index (κ3) is 11.8. The summed E-state index contributed by atoms with van der Waals surface area (Å²) in [7, 11) is 1.31. The van der Waals surface area contributed by atoms with Gasteiger partial charge in [-0.15, -0.1) is 16.4 Å². The van der Waals surface area contributed by atoms with Crippen LogP contribution in [-0.4, -0.2) is 72.0 Å². The number of carbonyl (C=O) groups is 3. The molecule has 0 N–H and O–H groups in total. The number of rotatable bonds is 20. The monoisotopic (exact) mass is 895 g/mol. The van der Waals surface area contributed by atoms with Crippen molar-refractivity contribution in [1.82, 2.24) is 9.97 Å². The number of allylic oxidation sites excluding steroid dienone is 3. The second-order valence-corrected chi connectivity index (χ2v) is 19.7. The molecule has 6 rings (SSSR count). The van der Waals surface area contributed by atoms with Crippen LogP contribution < -0.4 is 20.7 Å². The summed E-state index contributed by atoms with van der Waals surface area (Å²) in [6.45, 7) is 26.2. The van der Waals surface area contributed by atoms with E-state index in [1.165, 1.54) is 63.2 Å². The van der Waals surface area contributed by atoms with E-state index in [1.807, 2.05) is 32.1 Å². The fourth-order valence-corrected chi connectivity index (χ4v) is 10.5. The van der Waals surface area contributed by atoms with Crippen LogP contribution in [0.1, 0.15) is 171 Å². The van der Waals surface area contributed by atoms with E-state index in [-0.39, 0.29) is 65.7 Å². The summed E-state index contributed by atoms with van der Waals surface area (Å²) in [6.07, 6.45) is 21.1. The van der Waals surface area contributed by atoms with Crippen molar-refractivity contribution >= 4 is 76.0 Å². The molecule has 10 heteroatoms. The minimum atomic E-state index is -1.20. The number of hydrogen-bond acceptors (Lipinski definition) is 7. The average Bonchev–Trinajstić information content (AvgIpc) is 3.99. The quantitative estimate of drug-likeness (QED) is 0.0561. The molecule has 0 fully saturated rings. The number of methoxy groups -OCH3 is 1. The van der Waals surface area contributed by atoms with Gasteiger partial charge in [0.25, 0.3) is 0 Å². The molecule has 4 aliphatic rings. The third-order valence-corrected chi connectivity index (χ3v) is 14.6. The standard InChI is InChI=1S/C55H75N4O5.Mg/c1-13-39-35(8)42-28-44-37(10)41(24-25-48(60)64-27-26-34(7)23-17-22-33(6)21-16-20-32(5)19-15-18-31(3)4)52(58-44)50-51(55(62)63-12)54(61)49-38(11)45(59-53(49)50)30-47-40(14-2)36(9)43(57-47)29-46(39)56-42;/h13,26,28-29,31-33,37,41,47,51H,1,14-25,27,30H2,2-12H3,(H-,56,57,58,59,61);/q-1;+2/p-1/b34-26+;/t32-,33-,37+,41+,47?,51-;/m0./s1. The Kier molecular flexibility index (Phi) is 18.5. The fraction of sp³-hybridized carbons (Fsp3) is 0.582. The molecule has 8 bridgehead atoms. The van der Waals surface area contributed by atoms with Crippen molar-refractivity contribution in [2.24, 2.45) is 45.5 Å². The van der Waals surface area contributed by atoms with Crippen molar-refractivity contribution in [3.63, 3.8) is 0 Å². The predicted octanol–water partition coefficient (Wildman–Crippen LogP) is 9.96. The first kappa shape index (κ1) is 52.0. The summed E-state index contributed by atoms with van der Waals surface area (Å²) in [4.78, 5) is 62.1. The fourth-order valence-electron chi connectivity index (χ4n) is 10.5. The number of ether oxygens (including phenoxy) is 2. The zero-order chi connectivity index (χ0) is 46.4. The van der Waals surface area contributed by atoms with Gasteiger partial charge in [-0.05, 0) is 106 Å². The first-order valence-corrected chi connectivity index (χ1v) is 24.3. The maximum absolute atomic E-state index is 14.4. The van der Waals surface area contributed by atoms with Crippen LogP contribution in [0.25, 0.3) is 23.8 Å². The number of fused-ring (bicyclic) bond motifs is 5. The summed E-state index contributed by atoms with van der Waals surface area (Å²) < 4.78 is 11.1. The van der Waals surface area contributed by atoms with Crippen molar-refractivity contribution in [2.75, 3.05) is 13.7 Å². The van der Waals surface area contributed by atoms with E-state index in [0.717, 1.165) is 81.2 Å². The molecule has 346 valence electrons. The molecule has 1 unspecified atom stereocenters. The number of aliphatic imine (C=N–C) groups is 2. The largest absolute Gasteiger partial charge is 2.00 e. The minimum Gasteiger partial charge on any atom is -0.660 e. The number of esters is 2. The molecule has 2 aromatic heterocycles. The van der Waals surface area contributed by atoms with Gasteiger partial charge in [-0.3, -0.25) is 24.4 Å². The Labute approximate surface area is 405 Å². The van der Waals surface area contributed by atoms with E-state index in [4.69, 9.17) is 29.4 Å². The van der Waals surface area contributed by atoms with Crippen molar-refractivity contribution < 1.29 is 23.9 Å². The second kappa shape index (κ2) is 23.1. The van der Waals surface area contributed by atoms with Gasteiger partial charge in [0, 0.05) is 35.2 Å². The first-order chi connectivity index (χ1) is 30.6. The van der Waals surface area contributed by atoms with Crippen LogP contribution >= 0.6 is 0 Å². The molecular formula is C55H74MgN4O5. The van der Waals surface area contributed by atoms with Crippen LogP contribution in [0.2, 0.25) is 0 Å². The normalized spacial score (nSPS) is 22.3. The molecular weight excluding hydrogens is 821 g/mol. The molecule has 0 amide bonds. The van der Waals surface area contributed by atoms with E-state index in [2.05, 4.69) is 68.0 Å². The van der Waals surface area contributed by atoms with Gasteiger partial charge in [0.05, 0.1) is 18.9 Å². The molecule has 2 aromatic rings. The van der Waals surface area contributed by atoms with Crippen molar-refractivity contribution in [3.8, 4) is 0 Å². The Morgan fingerprint density at radius 1 is 0.938 bits per heavy atom. The number of hydrogen-bond donors (Lipinski definition) is 0. The van der Waals surface area contributed by atoms with Crippen molar-refractivity contribution in [1.29, 1.82) is 0 Å². The molecule has 0 saturated carbocycles. The number of ketones is 1. The molecule has 5 heterocycles. The van der Waals surface area contributed by atoms with Crippen LogP contribution in [0.3, 0.4) is 0 Å². The maximum Gasteiger partial charge on any atom is 2.00 e. The molecule has 0 radical (unpaired) electrons. The van der Waals surface area contributed by atoms with Crippen LogP contribution in [0.5, 0.6) is 0 Å². The van der Waals surface area contributed by atoms with Gasteiger partial charge in [0.2, 0.25) is 0 Å². The van der Waals surface area contributed by atoms with Crippen molar-refractivity contribution in [3.05, 3.63) is 79.4 Å². The second-order valence-electron chi connectivity index (χ2n) is 19.7. The molecule has 3 aliphatic heterocycles. The first-order valence-electron chi connectivity index (χ1n) is 24.3. The maximum atomic E-state index is 14.4.